The van der Waals surface area contributed by atoms with Crippen LogP contribution in [0.4, 0.5) is 5.00 Å². The number of carbonyl (C=O) groups excluding carboxylic acids is 2. The Morgan fingerprint density at radius 1 is 1.00 bits per heavy atom. The minimum Gasteiger partial charge on any atom is -0.379 e. The van der Waals surface area contributed by atoms with Gasteiger partial charge in [0, 0.05) is 49.7 Å². The highest BCUT2D eigenvalue weighted by molar-refractivity contribution is 7.89. The lowest BCUT2D eigenvalue weighted by atomic mass is 10.0. The molecule has 2 saturated heterocycles. The standard InChI is InChI=1S/C27H36N4O5S2/c1-2-11-29-14-10-22-23(19-29)37-26(24(22)27(33)30-12-4-3-5-13-30)28-25(32)20-6-8-21(9-7-20)38(34,35)31-15-17-36-18-16-31/h6-9H,2-5,10-19H2,1H3,(H,28,32). The third-order valence-corrected chi connectivity index (χ3v) is 10.5. The maximum absolute atomic E-state index is 13.7. The zero-order valence-corrected chi connectivity index (χ0v) is 23.5. The lowest BCUT2D eigenvalue weighted by molar-refractivity contribution is 0.0724. The van der Waals surface area contributed by atoms with Gasteiger partial charge in [0.1, 0.15) is 5.00 Å². The van der Waals surface area contributed by atoms with Crippen LogP contribution in [0.3, 0.4) is 0 Å². The van der Waals surface area contributed by atoms with Crippen LogP contribution in [0.1, 0.15) is 63.8 Å². The van der Waals surface area contributed by atoms with Crippen molar-refractivity contribution in [2.45, 2.75) is 50.5 Å². The topological polar surface area (TPSA) is 99.3 Å². The van der Waals surface area contributed by atoms with E-state index in [0.717, 1.165) is 75.3 Å². The summed E-state index contributed by atoms with van der Waals surface area (Å²) >= 11 is 1.50. The molecule has 5 rings (SSSR count). The predicted octanol–water partition coefficient (Wildman–Crippen LogP) is 3.42. The molecule has 38 heavy (non-hydrogen) atoms. The molecule has 11 heteroatoms. The number of hydrogen-bond donors (Lipinski definition) is 1. The minimum atomic E-state index is -3.64. The minimum absolute atomic E-state index is 0.00777. The van der Waals surface area contributed by atoms with Crippen LogP contribution >= 0.6 is 11.3 Å². The fourth-order valence-corrected chi connectivity index (χ4v) is 8.11. The van der Waals surface area contributed by atoms with E-state index in [1.54, 1.807) is 0 Å². The number of hydrogen-bond acceptors (Lipinski definition) is 7. The first-order valence-electron chi connectivity index (χ1n) is 13.5. The summed E-state index contributed by atoms with van der Waals surface area (Å²) in [5.74, 6) is -0.342. The Hall–Kier alpha value is -2.31. The fourth-order valence-electron chi connectivity index (χ4n) is 5.42. The number of thiophene rings is 1. The molecular formula is C27H36N4O5S2. The van der Waals surface area contributed by atoms with E-state index in [0.29, 0.717) is 42.4 Å². The highest BCUT2D eigenvalue weighted by Crippen LogP contribution is 2.38. The number of amides is 2. The van der Waals surface area contributed by atoms with Gasteiger partial charge in [-0.15, -0.1) is 11.3 Å². The Morgan fingerprint density at radius 3 is 2.39 bits per heavy atom. The summed E-state index contributed by atoms with van der Waals surface area (Å²) < 4.78 is 32.5. The molecule has 1 aromatic carbocycles. The van der Waals surface area contributed by atoms with Crippen LogP contribution in [0, 0.1) is 0 Å². The molecule has 2 amide bonds. The molecule has 1 N–H and O–H groups in total. The normalized spacial score (nSPS) is 19.2. The van der Waals surface area contributed by atoms with E-state index in [2.05, 4.69) is 17.1 Å². The maximum atomic E-state index is 13.7. The number of benzene rings is 1. The largest absolute Gasteiger partial charge is 0.379 e. The van der Waals surface area contributed by atoms with Crippen LogP contribution in [0.5, 0.6) is 0 Å². The zero-order valence-electron chi connectivity index (χ0n) is 21.9. The average Bonchev–Trinajstić information content (AvgIpc) is 3.30. The van der Waals surface area contributed by atoms with Crippen molar-refractivity contribution in [3.05, 3.63) is 45.8 Å². The van der Waals surface area contributed by atoms with Crippen molar-refractivity contribution < 1.29 is 22.7 Å². The molecule has 0 saturated carbocycles. The number of fused-ring (bicyclic) bond motifs is 1. The van der Waals surface area contributed by atoms with Gasteiger partial charge >= 0.3 is 0 Å². The number of rotatable bonds is 7. The zero-order chi connectivity index (χ0) is 26.7. The fraction of sp³-hybridized carbons (Fsp3) is 0.556. The maximum Gasteiger partial charge on any atom is 0.257 e. The van der Waals surface area contributed by atoms with Gasteiger partial charge in [0.05, 0.1) is 23.7 Å². The molecule has 0 spiro atoms. The molecule has 4 heterocycles. The first-order valence-corrected chi connectivity index (χ1v) is 15.8. The molecule has 0 radical (unpaired) electrons. The van der Waals surface area contributed by atoms with Crippen molar-refractivity contribution in [1.82, 2.24) is 14.1 Å². The number of sulfonamides is 1. The summed E-state index contributed by atoms with van der Waals surface area (Å²) in [5, 5.41) is 3.61. The van der Waals surface area contributed by atoms with Crippen molar-refractivity contribution in [2.24, 2.45) is 0 Å². The van der Waals surface area contributed by atoms with E-state index in [1.165, 1.54) is 39.9 Å². The number of anilines is 1. The van der Waals surface area contributed by atoms with Gasteiger partial charge in [0.15, 0.2) is 0 Å². The van der Waals surface area contributed by atoms with Crippen LogP contribution in [0.15, 0.2) is 29.2 Å². The SMILES string of the molecule is CCCN1CCc2c(sc(NC(=O)c3ccc(S(=O)(=O)N4CCOCC4)cc3)c2C(=O)N2CCCCC2)C1. The quantitative estimate of drug-likeness (QED) is 0.557. The van der Waals surface area contributed by atoms with E-state index >= 15 is 0 Å². The van der Waals surface area contributed by atoms with E-state index in [4.69, 9.17) is 4.74 Å². The summed E-state index contributed by atoms with van der Waals surface area (Å²) in [4.78, 5) is 32.6. The molecule has 0 unspecified atom stereocenters. The number of carbonyl (C=O) groups is 2. The number of ether oxygens (including phenoxy) is 1. The summed E-state index contributed by atoms with van der Waals surface area (Å²) in [5.41, 5.74) is 2.06. The second-order valence-corrected chi connectivity index (χ2v) is 13.1. The Morgan fingerprint density at radius 2 is 1.71 bits per heavy atom. The van der Waals surface area contributed by atoms with Gasteiger partial charge < -0.3 is 15.0 Å². The summed E-state index contributed by atoms with van der Waals surface area (Å²) in [6.07, 6.45) is 5.01. The van der Waals surface area contributed by atoms with Gasteiger partial charge in [0.2, 0.25) is 10.0 Å². The lowest BCUT2D eigenvalue weighted by Gasteiger charge is -2.29. The molecule has 2 aromatic rings. The van der Waals surface area contributed by atoms with Gasteiger partial charge in [-0.05, 0) is 68.5 Å². The van der Waals surface area contributed by atoms with Crippen LogP contribution < -0.4 is 5.32 Å². The van der Waals surface area contributed by atoms with Crippen molar-refractivity contribution in [3.8, 4) is 0 Å². The third kappa shape index (κ3) is 5.67. The van der Waals surface area contributed by atoms with Crippen LogP contribution in [-0.2, 0) is 27.7 Å². The van der Waals surface area contributed by atoms with Crippen molar-refractivity contribution in [2.75, 3.05) is 57.8 Å². The smallest absolute Gasteiger partial charge is 0.257 e. The Kier molecular flexibility index (Phi) is 8.49. The molecule has 9 nitrogen and oxygen atoms in total. The average molecular weight is 561 g/mol. The number of likely N-dealkylation sites (tertiary alicyclic amines) is 1. The molecule has 206 valence electrons. The summed E-state index contributed by atoms with van der Waals surface area (Å²) in [6.45, 7) is 7.75. The third-order valence-electron chi connectivity index (χ3n) is 7.48. The second kappa shape index (κ2) is 11.8. The van der Waals surface area contributed by atoms with Crippen molar-refractivity contribution in [3.63, 3.8) is 0 Å². The van der Waals surface area contributed by atoms with E-state index in [1.807, 2.05) is 4.90 Å². The highest BCUT2D eigenvalue weighted by atomic mass is 32.2. The molecule has 2 fully saturated rings. The molecule has 0 aliphatic carbocycles. The summed E-state index contributed by atoms with van der Waals surface area (Å²) in [6, 6.07) is 6.01. The van der Waals surface area contributed by atoms with Crippen LogP contribution in [0.25, 0.3) is 0 Å². The molecule has 1 aromatic heterocycles. The molecule has 3 aliphatic heterocycles. The van der Waals surface area contributed by atoms with Crippen molar-refractivity contribution in [1.29, 1.82) is 0 Å². The monoisotopic (exact) mass is 560 g/mol. The van der Waals surface area contributed by atoms with E-state index in [9.17, 15) is 18.0 Å². The van der Waals surface area contributed by atoms with Gasteiger partial charge in [0.25, 0.3) is 11.8 Å². The Balaban J connectivity index is 1.38. The Labute approximate surface area is 228 Å². The Bertz CT molecular complexity index is 1260. The first-order chi connectivity index (χ1) is 18.4. The molecule has 0 atom stereocenters. The first kappa shape index (κ1) is 27.3. The summed E-state index contributed by atoms with van der Waals surface area (Å²) in [7, 11) is -3.64. The number of morpholine rings is 1. The van der Waals surface area contributed by atoms with E-state index in [-0.39, 0.29) is 16.7 Å². The lowest BCUT2D eigenvalue weighted by Crippen LogP contribution is -2.40. The number of piperidine rings is 1. The van der Waals surface area contributed by atoms with Gasteiger partial charge in [-0.2, -0.15) is 4.31 Å². The second-order valence-electron chi connectivity index (χ2n) is 10.1. The van der Waals surface area contributed by atoms with Crippen LogP contribution in [-0.4, -0.2) is 86.8 Å². The molecular weight excluding hydrogens is 524 g/mol. The van der Waals surface area contributed by atoms with Gasteiger partial charge in [-0.1, -0.05) is 6.92 Å². The number of nitrogens with one attached hydrogen (secondary N) is 1. The van der Waals surface area contributed by atoms with Gasteiger partial charge in [-0.25, -0.2) is 8.42 Å². The van der Waals surface area contributed by atoms with Crippen molar-refractivity contribution >= 4 is 38.2 Å². The molecule has 3 aliphatic rings. The predicted molar refractivity (Wildman–Crippen MR) is 147 cm³/mol. The van der Waals surface area contributed by atoms with Gasteiger partial charge in [-0.3, -0.25) is 14.5 Å². The van der Waals surface area contributed by atoms with E-state index < -0.39 is 10.0 Å². The highest BCUT2D eigenvalue weighted by Gasteiger charge is 2.32. The van der Waals surface area contributed by atoms with Crippen LogP contribution in [0.2, 0.25) is 0 Å². The number of nitrogens with zero attached hydrogens (tertiary/aromatic N) is 3. The molecule has 0 bridgehead atoms.